The predicted molar refractivity (Wildman–Crippen MR) is 169 cm³/mol. The highest BCUT2D eigenvalue weighted by molar-refractivity contribution is 5.63. The van der Waals surface area contributed by atoms with E-state index < -0.39 is 6.23 Å². The fourth-order valence-electron chi connectivity index (χ4n) is 5.35. The van der Waals surface area contributed by atoms with Crippen LogP contribution in [0.25, 0.3) is 5.57 Å². The Morgan fingerprint density at radius 1 is 1.17 bits per heavy atom. The van der Waals surface area contributed by atoms with E-state index in [1.165, 1.54) is 11.1 Å². The highest BCUT2D eigenvalue weighted by atomic mass is 16.7. The maximum Gasteiger partial charge on any atom is 0.229 e. The van der Waals surface area contributed by atoms with E-state index in [0.717, 1.165) is 72.7 Å². The minimum atomic E-state index is -0.578. The van der Waals surface area contributed by atoms with Crippen molar-refractivity contribution >= 4 is 5.57 Å². The number of allylic oxidation sites excluding steroid dienone is 2. The summed E-state index contributed by atoms with van der Waals surface area (Å²) in [6.45, 7) is 17.9. The summed E-state index contributed by atoms with van der Waals surface area (Å²) in [5, 5.41) is 27.0. The SMILES string of the molecule is C=C(CC)c1cccc(CC(O)NC2CCN(Cc3ccc(OCCO)c(C)c3C)C(NCC)C2)c1.CC1=COCO1. The Labute approximate surface area is 252 Å². The third-order valence-electron chi connectivity index (χ3n) is 7.95. The van der Waals surface area contributed by atoms with Crippen LogP contribution in [0.4, 0.5) is 0 Å². The predicted octanol–water partition coefficient (Wildman–Crippen LogP) is 5.00. The highest BCUT2D eigenvalue weighted by Gasteiger charge is 2.29. The van der Waals surface area contributed by atoms with Crippen LogP contribution in [0, 0.1) is 13.8 Å². The lowest BCUT2D eigenvalue weighted by atomic mass is 9.97. The Morgan fingerprint density at radius 2 is 1.98 bits per heavy atom. The number of hydrogen-bond acceptors (Lipinski definition) is 8. The fourth-order valence-corrected chi connectivity index (χ4v) is 5.35. The summed E-state index contributed by atoms with van der Waals surface area (Å²) in [5.41, 5.74) is 7.07. The molecule has 4 rings (SSSR count). The van der Waals surface area contributed by atoms with Gasteiger partial charge in [0.25, 0.3) is 0 Å². The molecule has 4 N–H and O–H groups in total. The first-order chi connectivity index (χ1) is 20.2. The van der Waals surface area contributed by atoms with Crippen molar-refractivity contribution in [3.63, 3.8) is 0 Å². The highest BCUT2D eigenvalue weighted by Crippen LogP contribution is 2.27. The summed E-state index contributed by atoms with van der Waals surface area (Å²) in [5.74, 6) is 1.70. The van der Waals surface area contributed by atoms with E-state index in [1.807, 2.05) is 19.1 Å². The lowest BCUT2D eigenvalue weighted by Crippen LogP contribution is -2.55. The number of benzene rings is 2. The van der Waals surface area contributed by atoms with Gasteiger partial charge in [0.2, 0.25) is 6.79 Å². The molecule has 232 valence electrons. The summed E-state index contributed by atoms with van der Waals surface area (Å²) in [6, 6.07) is 12.8. The van der Waals surface area contributed by atoms with Gasteiger partial charge in [0.05, 0.1) is 12.8 Å². The molecule has 2 aromatic carbocycles. The second-order valence-corrected chi connectivity index (χ2v) is 11.0. The number of likely N-dealkylation sites (tertiary alicyclic amines) is 1. The zero-order chi connectivity index (χ0) is 30.5. The van der Waals surface area contributed by atoms with Crippen molar-refractivity contribution in [2.24, 2.45) is 0 Å². The van der Waals surface area contributed by atoms with Crippen molar-refractivity contribution < 1.29 is 24.4 Å². The number of ether oxygens (including phenoxy) is 3. The average Bonchev–Trinajstić information content (AvgIpc) is 3.47. The molecular formula is C34H51N3O5. The van der Waals surface area contributed by atoms with Crippen molar-refractivity contribution in [1.29, 1.82) is 0 Å². The Hall–Kier alpha value is -2.88. The van der Waals surface area contributed by atoms with Crippen molar-refractivity contribution in [3.8, 4) is 5.75 Å². The van der Waals surface area contributed by atoms with Crippen molar-refractivity contribution in [1.82, 2.24) is 15.5 Å². The number of rotatable bonds is 13. The van der Waals surface area contributed by atoms with E-state index >= 15 is 0 Å². The van der Waals surface area contributed by atoms with E-state index in [0.29, 0.717) is 19.8 Å². The summed E-state index contributed by atoms with van der Waals surface area (Å²) < 4.78 is 15.1. The Kier molecular flexibility index (Phi) is 13.8. The molecule has 0 spiro atoms. The molecule has 8 nitrogen and oxygen atoms in total. The van der Waals surface area contributed by atoms with Gasteiger partial charge in [-0.25, -0.2) is 0 Å². The van der Waals surface area contributed by atoms with Crippen LogP contribution in [0.2, 0.25) is 0 Å². The molecule has 2 aliphatic heterocycles. The van der Waals surface area contributed by atoms with Crippen molar-refractivity contribution in [3.05, 3.63) is 82.8 Å². The van der Waals surface area contributed by atoms with Gasteiger partial charge in [-0.15, -0.1) is 0 Å². The van der Waals surface area contributed by atoms with Crippen molar-refractivity contribution in [2.45, 2.75) is 85.3 Å². The molecule has 8 heteroatoms. The molecule has 0 saturated carbocycles. The van der Waals surface area contributed by atoms with E-state index in [1.54, 1.807) is 6.26 Å². The number of aliphatic hydroxyl groups is 2. The number of nitrogens with one attached hydrogen (secondary N) is 2. The normalized spacial score (nSPS) is 19.2. The van der Waals surface area contributed by atoms with Gasteiger partial charge in [-0.1, -0.05) is 50.8 Å². The number of hydrogen-bond donors (Lipinski definition) is 4. The molecule has 0 bridgehead atoms. The zero-order valence-electron chi connectivity index (χ0n) is 26.1. The number of aliphatic hydroxyl groups excluding tert-OH is 2. The maximum absolute atomic E-state index is 10.8. The molecule has 42 heavy (non-hydrogen) atoms. The second-order valence-electron chi connectivity index (χ2n) is 11.0. The molecule has 3 unspecified atom stereocenters. The summed E-state index contributed by atoms with van der Waals surface area (Å²) in [6.07, 6.45) is 4.70. The van der Waals surface area contributed by atoms with Gasteiger partial charge in [0, 0.05) is 25.6 Å². The van der Waals surface area contributed by atoms with E-state index in [-0.39, 0.29) is 18.8 Å². The zero-order valence-corrected chi connectivity index (χ0v) is 26.1. The minimum Gasteiger partial charge on any atom is -0.491 e. The molecule has 2 heterocycles. The fraction of sp³-hybridized carbons (Fsp3) is 0.529. The first-order valence-electron chi connectivity index (χ1n) is 15.2. The van der Waals surface area contributed by atoms with Gasteiger partial charge >= 0.3 is 0 Å². The van der Waals surface area contributed by atoms with Crippen LogP contribution in [0.5, 0.6) is 5.75 Å². The van der Waals surface area contributed by atoms with Crippen LogP contribution in [-0.2, 0) is 22.4 Å². The van der Waals surface area contributed by atoms with Gasteiger partial charge in [-0.2, -0.15) is 0 Å². The standard InChI is InChI=1S/C30H45N3O3.C4H6O2/c1-6-21(3)25-10-8-9-24(17-25)18-30(35)32-27-13-14-33(29(19-27)31-7-2)20-26-11-12-28(36-16-15-34)23(5)22(26)4;1-4-2-5-3-6-4/h8-12,17,27,29-32,34-35H,3,6-7,13-16,18-20H2,1-2,4-5H3;2H,3H2,1H3. The van der Waals surface area contributed by atoms with Gasteiger partial charge < -0.3 is 29.7 Å². The lowest BCUT2D eigenvalue weighted by molar-refractivity contribution is 0.0593. The lowest BCUT2D eigenvalue weighted by Gasteiger charge is -2.41. The minimum absolute atomic E-state index is 0.0171. The maximum atomic E-state index is 10.8. The largest absolute Gasteiger partial charge is 0.491 e. The molecule has 0 radical (unpaired) electrons. The van der Waals surface area contributed by atoms with E-state index in [4.69, 9.17) is 14.6 Å². The van der Waals surface area contributed by atoms with Crippen LogP contribution in [0.1, 0.15) is 67.9 Å². The summed E-state index contributed by atoms with van der Waals surface area (Å²) in [7, 11) is 0. The number of piperidine rings is 1. The number of nitrogens with zero attached hydrogens (tertiary/aromatic N) is 1. The van der Waals surface area contributed by atoms with Crippen LogP contribution in [0.3, 0.4) is 0 Å². The molecule has 3 atom stereocenters. The molecule has 0 aliphatic carbocycles. The van der Waals surface area contributed by atoms with Gasteiger partial charge in [0.15, 0.2) is 0 Å². The smallest absolute Gasteiger partial charge is 0.229 e. The van der Waals surface area contributed by atoms with Crippen molar-refractivity contribution in [2.75, 3.05) is 33.1 Å². The molecule has 2 aromatic rings. The Balaban J connectivity index is 0.000000715. The average molecular weight is 582 g/mol. The van der Waals surface area contributed by atoms with E-state index in [9.17, 15) is 5.11 Å². The van der Waals surface area contributed by atoms with Crippen LogP contribution in [0.15, 0.2) is 55.0 Å². The molecule has 1 fully saturated rings. The monoisotopic (exact) mass is 581 g/mol. The second kappa shape index (κ2) is 17.3. The van der Waals surface area contributed by atoms with Gasteiger partial charge in [-0.05, 0) is 86.0 Å². The Bertz CT molecular complexity index is 1170. The molecule has 1 saturated heterocycles. The molecular weight excluding hydrogens is 530 g/mol. The Morgan fingerprint density at radius 3 is 2.62 bits per heavy atom. The summed E-state index contributed by atoms with van der Waals surface area (Å²) in [4.78, 5) is 2.50. The molecule has 0 aromatic heterocycles. The summed E-state index contributed by atoms with van der Waals surface area (Å²) >= 11 is 0. The topological polar surface area (TPSA) is 95.5 Å². The van der Waals surface area contributed by atoms with Crippen LogP contribution < -0.4 is 15.4 Å². The third kappa shape index (κ3) is 10.1. The van der Waals surface area contributed by atoms with Crippen LogP contribution >= 0.6 is 0 Å². The molecule has 0 amide bonds. The first-order valence-corrected chi connectivity index (χ1v) is 15.2. The first kappa shape index (κ1) is 33.6. The molecule has 2 aliphatic rings. The van der Waals surface area contributed by atoms with Crippen LogP contribution in [-0.4, -0.2) is 66.6 Å². The third-order valence-corrected chi connectivity index (χ3v) is 7.95. The van der Waals surface area contributed by atoms with Gasteiger partial charge in [-0.3, -0.25) is 10.2 Å². The van der Waals surface area contributed by atoms with Gasteiger partial charge in [0.1, 0.15) is 30.6 Å². The quantitative estimate of drug-likeness (QED) is 0.246. The van der Waals surface area contributed by atoms with E-state index in [2.05, 4.69) is 78.8 Å².